The Bertz CT molecular complexity index is 797. The summed E-state index contributed by atoms with van der Waals surface area (Å²) in [5.41, 5.74) is 3.10. The van der Waals surface area contributed by atoms with E-state index < -0.39 is 0 Å². The lowest BCUT2D eigenvalue weighted by Gasteiger charge is -2.19. The number of benzene rings is 1. The standard InChI is InChI=1S/C19H21N3O/c1-14-4-3-8-22(14)9-7-16-10-18-17(5-2-6-19(18)23-16)15-11-20-13-21-12-15/h2,5-6,10-14H,3-4,7-9H2,1H3/t14-/m1/s1. The molecule has 0 saturated carbocycles. The maximum Gasteiger partial charge on any atom is 0.134 e. The minimum atomic E-state index is 0.705. The molecule has 1 aliphatic heterocycles. The van der Waals surface area contributed by atoms with Gasteiger partial charge in [-0.05, 0) is 44.0 Å². The zero-order valence-electron chi connectivity index (χ0n) is 13.4. The van der Waals surface area contributed by atoms with E-state index in [0.717, 1.165) is 40.8 Å². The van der Waals surface area contributed by atoms with Crippen LogP contribution in [-0.4, -0.2) is 34.0 Å². The van der Waals surface area contributed by atoms with Crippen LogP contribution in [0.4, 0.5) is 0 Å². The Kier molecular flexibility index (Phi) is 3.83. The van der Waals surface area contributed by atoms with Crippen molar-refractivity contribution in [1.82, 2.24) is 14.9 Å². The summed E-state index contributed by atoms with van der Waals surface area (Å²) in [6.45, 7) is 4.61. The van der Waals surface area contributed by atoms with Gasteiger partial charge in [-0.2, -0.15) is 0 Å². The maximum absolute atomic E-state index is 6.06. The van der Waals surface area contributed by atoms with Crippen molar-refractivity contribution in [3.8, 4) is 11.1 Å². The largest absolute Gasteiger partial charge is 0.461 e. The lowest BCUT2D eigenvalue weighted by atomic mass is 10.0. The first-order valence-corrected chi connectivity index (χ1v) is 8.32. The highest BCUT2D eigenvalue weighted by atomic mass is 16.3. The molecule has 4 rings (SSSR count). The molecule has 0 N–H and O–H groups in total. The summed E-state index contributed by atoms with van der Waals surface area (Å²) >= 11 is 0. The molecule has 4 heteroatoms. The molecule has 1 aromatic carbocycles. The summed E-state index contributed by atoms with van der Waals surface area (Å²) in [6.07, 6.45) is 8.85. The van der Waals surface area contributed by atoms with Crippen LogP contribution in [0.15, 0.2) is 47.4 Å². The smallest absolute Gasteiger partial charge is 0.134 e. The molecule has 0 spiro atoms. The first-order valence-electron chi connectivity index (χ1n) is 8.32. The highest BCUT2D eigenvalue weighted by Crippen LogP contribution is 2.30. The molecule has 4 nitrogen and oxygen atoms in total. The highest BCUT2D eigenvalue weighted by Gasteiger charge is 2.20. The van der Waals surface area contributed by atoms with Crippen LogP contribution in [0.25, 0.3) is 22.1 Å². The molecular formula is C19H21N3O. The summed E-state index contributed by atoms with van der Waals surface area (Å²) < 4.78 is 6.06. The van der Waals surface area contributed by atoms with Gasteiger partial charge in [0.15, 0.2) is 0 Å². The normalized spacial score (nSPS) is 18.7. The van der Waals surface area contributed by atoms with Crippen molar-refractivity contribution in [2.45, 2.75) is 32.2 Å². The molecule has 23 heavy (non-hydrogen) atoms. The van der Waals surface area contributed by atoms with E-state index in [0.29, 0.717) is 6.04 Å². The van der Waals surface area contributed by atoms with E-state index in [1.165, 1.54) is 19.4 Å². The molecule has 1 saturated heterocycles. The van der Waals surface area contributed by atoms with E-state index in [9.17, 15) is 0 Å². The van der Waals surface area contributed by atoms with Crippen molar-refractivity contribution in [3.63, 3.8) is 0 Å². The molecule has 0 bridgehead atoms. The Morgan fingerprint density at radius 2 is 2.13 bits per heavy atom. The predicted octanol–water partition coefficient (Wildman–Crippen LogP) is 3.92. The summed E-state index contributed by atoms with van der Waals surface area (Å²) in [5.74, 6) is 1.06. The predicted molar refractivity (Wildman–Crippen MR) is 91.2 cm³/mol. The van der Waals surface area contributed by atoms with Crippen molar-refractivity contribution in [2.24, 2.45) is 0 Å². The zero-order valence-corrected chi connectivity index (χ0v) is 13.4. The first-order chi connectivity index (χ1) is 11.3. The third-order valence-corrected chi connectivity index (χ3v) is 4.82. The van der Waals surface area contributed by atoms with Crippen molar-refractivity contribution in [3.05, 3.63) is 48.7 Å². The van der Waals surface area contributed by atoms with Crippen LogP contribution in [0.5, 0.6) is 0 Å². The number of fused-ring (bicyclic) bond motifs is 1. The zero-order chi connectivity index (χ0) is 15.6. The van der Waals surface area contributed by atoms with E-state index in [1.807, 2.05) is 24.5 Å². The summed E-state index contributed by atoms with van der Waals surface area (Å²) in [4.78, 5) is 10.8. The van der Waals surface area contributed by atoms with Gasteiger partial charge in [-0.15, -0.1) is 0 Å². The molecule has 3 heterocycles. The fourth-order valence-corrected chi connectivity index (χ4v) is 3.51. The average Bonchev–Trinajstić information content (AvgIpc) is 3.19. The van der Waals surface area contributed by atoms with Gasteiger partial charge in [0.05, 0.1) is 0 Å². The molecule has 1 fully saturated rings. The van der Waals surface area contributed by atoms with Crippen molar-refractivity contribution >= 4 is 11.0 Å². The van der Waals surface area contributed by atoms with Gasteiger partial charge in [0.1, 0.15) is 17.7 Å². The number of likely N-dealkylation sites (tertiary alicyclic amines) is 1. The molecule has 1 aliphatic rings. The second-order valence-electron chi connectivity index (χ2n) is 6.33. The molecule has 0 unspecified atom stereocenters. The summed E-state index contributed by atoms with van der Waals surface area (Å²) in [5, 5.41) is 1.15. The average molecular weight is 307 g/mol. The third-order valence-electron chi connectivity index (χ3n) is 4.82. The minimum Gasteiger partial charge on any atom is -0.461 e. The molecule has 3 aromatic rings. The number of nitrogens with zero attached hydrogens (tertiary/aromatic N) is 3. The van der Waals surface area contributed by atoms with Gasteiger partial charge in [0.25, 0.3) is 0 Å². The lowest BCUT2D eigenvalue weighted by molar-refractivity contribution is 0.266. The Morgan fingerprint density at radius 1 is 1.26 bits per heavy atom. The van der Waals surface area contributed by atoms with Crippen molar-refractivity contribution < 1.29 is 4.42 Å². The Labute approximate surface area is 136 Å². The van der Waals surface area contributed by atoms with Crippen LogP contribution >= 0.6 is 0 Å². The SMILES string of the molecule is C[C@@H]1CCCN1CCc1cc2c(-c3cncnc3)cccc2o1. The third kappa shape index (κ3) is 2.86. The minimum absolute atomic E-state index is 0.705. The molecule has 1 atom stereocenters. The van der Waals surface area contributed by atoms with Gasteiger partial charge >= 0.3 is 0 Å². The van der Waals surface area contributed by atoms with Crippen molar-refractivity contribution in [2.75, 3.05) is 13.1 Å². The van der Waals surface area contributed by atoms with E-state index in [4.69, 9.17) is 4.42 Å². The Morgan fingerprint density at radius 3 is 2.91 bits per heavy atom. The van der Waals surface area contributed by atoms with Crippen LogP contribution in [0, 0.1) is 0 Å². The molecule has 118 valence electrons. The molecule has 0 radical (unpaired) electrons. The van der Waals surface area contributed by atoms with Gasteiger partial charge in [-0.25, -0.2) is 9.97 Å². The number of rotatable bonds is 4. The van der Waals surface area contributed by atoms with Gasteiger partial charge in [-0.1, -0.05) is 12.1 Å². The number of hydrogen-bond donors (Lipinski definition) is 0. The highest BCUT2D eigenvalue weighted by molar-refractivity contribution is 5.94. The van der Waals surface area contributed by atoms with E-state index in [1.54, 1.807) is 6.33 Å². The fraction of sp³-hybridized carbons (Fsp3) is 0.368. The van der Waals surface area contributed by atoms with E-state index >= 15 is 0 Å². The van der Waals surface area contributed by atoms with Gasteiger partial charge < -0.3 is 9.32 Å². The summed E-state index contributed by atoms with van der Waals surface area (Å²) in [7, 11) is 0. The van der Waals surface area contributed by atoms with Gasteiger partial charge in [0, 0.05) is 42.4 Å². The maximum atomic E-state index is 6.06. The number of hydrogen-bond acceptors (Lipinski definition) is 4. The topological polar surface area (TPSA) is 42.2 Å². The molecule has 0 aliphatic carbocycles. The molecule has 0 amide bonds. The van der Waals surface area contributed by atoms with E-state index in [-0.39, 0.29) is 0 Å². The van der Waals surface area contributed by atoms with Crippen molar-refractivity contribution in [1.29, 1.82) is 0 Å². The molecular weight excluding hydrogens is 286 g/mol. The second kappa shape index (κ2) is 6.13. The van der Waals surface area contributed by atoms with Gasteiger partial charge in [0.2, 0.25) is 0 Å². The number of aromatic nitrogens is 2. The Hall–Kier alpha value is -2.20. The monoisotopic (exact) mass is 307 g/mol. The Balaban J connectivity index is 1.60. The van der Waals surface area contributed by atoms with Crippen LogP contribution in [0.1, 0.15) is 25.5 Å². The fourth-order valence-electron chi connectivity index (χ4n) is 3.51. The van der Waals surface area contributed by atoms with Crippen LogP contribution in [-0.2, 0) is 6.42 Å². The molecule has 2 aromatic heterocycles. The van der Waals surface area contributed by atoms with Gasteiger partial charge in [-0.3, -0.25) is 0 Å². The lowest BCUT2D eigenvalue weighted by Crippen LogP contribution is -2.28. The van der Waals surface area contributed by atoms with Crippen LogP contribution in [0.3, 0.4) is 0 Å². The first kappa shape index (κ1) is 14.4. The van der Waals surface area contributed by atoms with Crippen LogP contribution in [0.2, 0.25) is 0 Å². The van der Waals surface area contributed by atoms with Crippen LogP contribution < -0.4 is 0 Å². The summed E-state index contributed by atoms with van der Waals surface area (Å²) in [6, 6.07) is 9.04. The number of furan rings is 1. The van der Waals surface area contributed by atoms with E-state index in [2.05, 4.69) is 33.9 Å². The quantitative estimate of drug-likeness (QED) is 0.732. The second-order valence-corrected chi connectivity index (χ2v) is 6.33.